The van der Waals surface area contributed by atoms with Crippen molar-refractivity contribution in [3.8, 4) is 10.9 Å². The molecule has 2 rings (SSSR count). The molecule has 1 heterocycles. The Labute approximate surface area is 123 Å². The number of hydrogen-bond acceptors (Lipinski definition) is 7. The first-order valence-corrected chi connectivity index (χ1v) is 6.69. The number of nitro benzene ring substituents is 1. The van der Waals surface area contributed by atoms with Crippen molar-refractivity contribution in [2.45, 2.75) is 19.8 Å². The van der Waals surface area contributed by atoms with Crippen molar-refractivity contribution < 1.29 is 19.6 Å². The first-order valence-electron chi connectivity index (χ1n) is 5.92. The molecule has 0 aliphatic heterocycles. The Morgan fingerprint density at radius 3 is 2.71 bits per heavy atom. The molecule has 2 aromatic rings. The lowest BCUT2D eigenvalue weighted by molar-refractivity contribution is -0.385. The summed E-state index contributed by atoms with van der Waals surface area (Å²) in [5.41, 5.74) is -1.04. The summed E-state index contributed by atoms with van der Waals surface area (Å²) >= 11 is 0.961. The van der Waals surface area contributed by atoms with Gasteiger partial charge in [-0.3, -0.25) is 10.1 Å². The van der Waals surface area contributed by atoms with Gasteiger partial charge < -0.3 is 9.84 Å². The molecule has 9 heteroatoms. The Hall–Kier alpha value is -2.55. The van der Waals surface area contributed by atoms with Crippen molar-refractivity contribution in [3.05, 3.63) is 39.7 Å². The van der Waals surface area contributed by atoms with E-state index in [2.05, 4.69) is 9.36 Å². The predicted octanol–water partition coefficient (Wildman–Crippen LogP) is 3.06. The second-order valence-corrected chi connectivity index (χ2v) is 5.10. The van der Waals surface area contributed by atoms with E-state index in [9.17, 15) is 14.9 Å². The fraction of sp³-hybridized carbons (Fsp3) is 0.250. The summed E-state index contributed by atoms with van der Waals surface area (Å²) in [4.78, 5) is 25.5. The molecule has 8 nitrogen and oxygen atoms in total. The quantitative estimate of drug-likeness (QED) is 0.666. The molecule has 110 valence electrons. The van der Waals surface area contributed by atoms with Crippen LogP contribution < -0.4 is 4.74 Å². The van der Waals surface area contributed by atoms with Gasteiger partial charge in [-0.2, -0.15) is 9.36 Å². The van der Waals surface area contributed by atoms with E-state index in [4.69, 9.17) is 9.84 Å². The molecule has 1 aromatic carbocycles. The monoisotopic (exact) mass is 309 g/mol. The van der Waals surface area contributed by atoms with Crippen molar-refractivity contribution >= 4 is 23.2 Å². The van der Waals surface area contributed by atoms with E-state index in [1.54, 1.807) is 0 Å². The van der Waals surface area contributed by atoms with Gasteiger partial charge in [0.15, 0.2) is 11.3 Å². The van der Waals surface area contributed by atoms with Crippen LogP contribution in [0.4, 0.5) is 5.69 Å². The van der Waals surface area contributed by atoms with Gasteiger partial charge >= 0.3 is 5.97 Å². The molecule has 0 saturated carbocycles. The normalized spacial score (nSPS) is 10.6. The topological polar surface area (TPSA) is 115 Å². The van der Waals surface area contributed by atoms with Gasteiger partial charge in [0, 0.05) is 23.5 Å². The van der Waals surface area contributed by atoms with Crippen LogP contribution in [-0.2, 0) is 0 Å². The number of hydrogen-bond donors (Lipinski definition) is 1. The summed E-state index contributed by atoms with van der Waals surface area (Å²) in [7, 11) is 0. The van der Waals surface area contributed by atoms with E-state index < -0.39 is 22.1 Å². The molecule has 0 fully saturated rings. The Bertz CT molecular complexity index is 698. The number of nitro groups is 1. The number of aromatic nitrogens is 2. The zero-order chi connectivity index (χ0) is 15.6. The third kappa shape index (κ3) is 3.14. The van der Waals surface area contributed by atoms with E-state index in [1.165, 1.54) is 12.1 Å². The lowest BCUT2D eigenvalue weighted by atomic mass is 10.1. The number of carboxylic acid groups (broad SMARTS) is 1. The summed E-state index contributed by atoms with van der Waals surface area (Å²) in [6, 6.07) is 3.80. The molecule has 0 aliphatic carbocycles. The van der Waals surface area contributed by atoms with Gasteiger partial charge in [-0.05, 0) is 6.07 Å². The lowest BCUT2D eigenvalue weighted by Crippen LogP contribution is -2.05. The highest BCUT2D eigenvalue weighted by Crippen LogP contribution is 2.33. The molecule has 21 heavy (non-hydrogen) atoms. The summed E-state index contributed by atoms with van der Waals surface area (Å²) in [5, 5.41) is 20.2. The minimum absolute atomic E-state index is 0.0997. The number of carboxylic acids is 1. The van der Waals surface area contributed by atoms with Gasteiger partial charge in [-0.15, -0.1) is 0 Å². The lowest BCUT2D eigenvalue weighted by Gasteiger charge is -2.05. The first-order chi connectivity index (χ1) is 9.90. The highest BCUT2D eigenvalue weighted by atomic mass is 32.1. The fourth-order valence-electron chi connectivity index (χ4n) is 1.56. The highest BCUT2D eigenvalue weighted by molar-refractivity contribution is 7.07. The van der Waals surface area contributed by atoms with Crippen LogP contribution in [0.5, 0.6) is 10.9 Å². The van der Waals surface area contributed by atoms with Gasteiger partial charge in [0.05, 0.1) is 4.92 Å². The highest BCUT2D eigenvalue weighted by Gasteiger charge is 2.25. The van der Waals surface area contributed by atoms with Gasteiger partial charge in [0.2, 0.25) is 0 Å². The molecule has 0 radical (unpaired) electrons. The van der Waals surface area contributed by atoms with Crippen molar-refractivity contribution in [3.63, 3.8) is 0 Å². The van der Waals surface area contributed by atoms with Crippen molar-refractivity contribution in [1.82, 2.24) is 9.36 Å². The first kappa shape index (κ1) is 14.9. The molecule has 1 N–H and O–H groups in total. The largest absolute Gasteiger partial charge is 0.477 e. The molecule has 0 atom stereocenters. The summed E-state index contributed by atoms with van der Waals surface area (Å²) in [5.74, 6) is -0.908. The molecule has 0 aliphatic rings. The average Bonchev–Trinajstić information content (AvgIpc) is 2.86. The Kier molecular flexibility index (Phi) is 4.13. The van der Waals surface area contributed by atoms with E-state index >= 15 is 0 Å². The SMILES string of the molecule is CC(C)c1nsc(Oc2cccc([N+](=O)[O-])c2C(=O)O)n1. The van der Waals surface area contributed by atoms with Crippen molar-refractivity contribution in [1.29, 1.82) is 0 Å². The maximum absolute atomic E-state index is 11.2. The second-order valence-electron chi connectivity index (χ2n) is 4.39. The summed E-state index contributed by atoms with van der Waals surface area (Å²) in [6.07, 6.45) is 0. The third-order valence-electron chi connectivity index (χ3n) is 2.55. The number of rotatable bonds is 5. The number of carbonyl (C=O) groups is 1. The standard InChI is InChI=1S/C12H11N3O5S/c1-6(2)10-13-12(21-14-10)20-8-5-3-4-7(15(18)19)9(8)11(16)17/h3-6H,1-2H3,(H,16,17). The number of aromatic carboxylic acids is 1. The molecule has 0 unspecified atom stereocenters. The van der Waals surface area contributed by atoms with Crippen LogP contribution in [0.2, 0.25) is 0 Å². The van der Waals surface area contributed by atoms with Crippen LogP contribution >= 0.6 is 11.5 Å². The van der Waals surface area contributed by atoms with Crippen LogP contribution in [0, 0.1) is 10.1 Å². The molecule has 0 spiro atoms. The van der Waals surface area contributed by atoms with Crippen molar-refractivity contribution in [2.24, 2.45) is 0 Å². The smallest absolute Gasteiger partial charge is 0.346 e. The molecule has 1 aromatic heterocycles. The van der Waals surface area contributed by atoms with Gasteiger partial charge in [-0.1, -0.05) is 19.9 Å². The minimum Gasteiger partial charge on any atom is -0.477 e. The zero-order valence-electron chi connectivity index (χ0n) is 11.1. The number of benzene rings is 1. The number of nitrogens with zero attached hydrogens (tertiary/aromatic N) is 3. The van der Waals surface area contributed by atoms with E-state index in [0.717, 1.165) is 17.6 Å². The number of ether oxygens (including phenoxy) is 1. The summed E-state index contributed by atoms with van der Waals surface area (Å²) in [6.45, 7) is 3.81. The van der Waals surface area contributed by atoms with E-state index in [-0.39, 0.29) is 16.9 Å². The van der Waals surface area contributed by atoms with Crippen LogP contribution in [-0.4, -0.2) is 25.4 Å². The van der Waals surface area contributed by atoms with Crippen LogP contribution in [0.1, 0.15) is 35.9 Å². The van der Waals surface area contributed by atoms with Crippen LogP contribution in [0.15, 0.2) is 18.2 Å². The average molecular weight is 309 g/mol. The van der Waals surface area contributed by atoms with Gasteiger partial charge in [0.25, 0.3) is 10.9 Å². The third-order valence-corrected chi connectivity index (χ3v) is 3.16. The minimum atomic E-state index is -1.44. The molecule has 0 saturated heterocycles. The van der Waals surface area contributed by atoms with Gasteiger partial charge in [-0.25, -0.2) is 4.79 Å². The predicted molar refractivity (Wildman–Crippen MR) is 74.1 cm³/mol. The van der Waals surface area contributed by atoms with Crippen LogP contribution in [0.25, 0.3) is 0 Å². The molecule has 0 amide bonds. The maximum atomic E-state index is 11.2. The Morgan fingerprint density at radius 1 is 1.48 bits per heavy atom. The molecular weight excluding hydrogens is 298 g/mol. The van der Waals surface area contributed by atoms with E-state index in [1.807, 2.05) is 13.8 Å². The van der Waals surface area contributed by atoms with Gasteiger partial charge in [0.1, 0.15) is 5.82 Å². The van der Waals surface area contributed by atoms with Crippen LogP contribution in [0.3, 0.4) is 0 Å². The second kappa shape index (κ2) is 5.83. The zero-order valence-corrected chi connectivity index (χ0v) is 12.0. The van der Waals surface area contributed by atoms with Crippen molar-refractivity contribution in [2.75, 3.05) is 0 Å². The Morgan fingerprint density at radius 2 is 2.19 bits per heavy atom. The maximum Gasteiger partial charge on any atom is 0.346 e. The summed E-state index contributed by atoms with van der Waals surface area (Å²) < 4.78 is 9.42. The van der Waals surface area contributed by atoms with E-state index in [0.29, 0.717) is 5.82 Å². The molecular formula is C12H11N3O5S. The Balaban J connectivity index is 2.41. The fourth-order valence-corrected chi connectivity index (χ4v) is 2.25. The molecule has 0 bridgehead atoms.